The number of aliphatic carboxylic acids is 1. The summed E-state index contributed by atoms with van der Waals surface area (Å²) in [7, 11) is 0. The molecule has 20 heavy (non-hydrogen) atoms. The van der Waals surface area contributed by atoms with Crippen molar-refractivity contribution in [3.05, 3.63) is 12.2 Å². The quantitative estimate of drug-likeness (QED) is 0.681. The van der Waals surface area contributed by atoms with E-state index in [1.165, 1.54) is 19.3 Å². The van der Waals surface area contributed by atoms with Crippen LogP contribution in [-0.4, -0.2) is 29.2 Å². The van der Waals surface area contributed by atoms with Crippen LogP contribution in [0.5, 0.6) is 0 Å². The largest absolute Gasteiger partial charge is 0.481 e. The van der Waals surface area contributed by atoms with Crippen molar-refractivity contribution < 1.29 is 14.7 Å². The van der Waals surface area contributed by atoms with E-state index in [4.69, 9.17) is 5.11 Å². The Kier molecular flexibility index (Phi) is 2.59. The highest BCUT2D eigenvalue weighted by molar-refractivity contribution is 5.77. The van der Waals surface area contributed by atoms with Crippen LogP contribution in [-0.2, 0) is 4.79 Å². The highest BCUT2D eigenvalue weighted by Gasteiger charge is 2.65. The van der Waals surface area contributed by atoms with E-state index < -0.39 is 11.9 Å². The summed E-state index contributed by atoms with van der Waals surface area (Å²) in [4.78, 5) is 22.8. The van der Waals surface area contributed by atoms with Gasteiger partial charge in [-0.25, -0.2) is 4.79 Å². The molecule has 4 aliphatic carbocycles. The van der Waals surface area contributed by atoms with Crippen LogP contribution in [0.3, 0.4) is 0 Å². The normalized spacial score (nSPS) is 47.1. The van der Waals surface area contributed by atoms with E-state index in [1.54, 1.807) is 12.2 Å². The van der Waals surface area contributed by atoms with Gasteiger partial charge in [0.15, 0.2) is 0 Å². The summed E-state index contributed by atoms with van der Waals surface area (Å²) in [5.41, 5.74) is 0. The van der Waals surface area contributed by atoms with Crippen LogP contribution < -0.4 is 10.6 Å². The summed E-state index contributed by atoms with van der Waals surface area (Å²) in [6, 6.07) is 0.0952. The molecule has 3 N–H and O–H groups in total. The molecule has 4 aliphatic rings. The maximum absolute atomic E-state index is 12.0. The molecule has 0 radical (unpaired) electrons. The van der Waals surface area contributed by atoms with E-state index in [9.17, 15) is 9.59 Å². The molecular weight excluding hydrogens is 256 g/mol. The van der Waals surface area contributed by atoms with Gasteiger partial charge in [0.1, 0.15) is 0 Å². The van der Waals surface area contributed by atoms with Gasteiger partial charge in [-0.3, -0.25) is 4.79 Å². The number of hydrogen-bond donors (Lipinski definition) is 3. The summed E-state index contributed by atoms with van der Waals surface area (Å²) in [5, 5.41) is 14.9. The van der Waals surface area contributed by atoms with Gasteiger partial charge in [0.05, 0.1) is 12.0 Å². The molecule has 5 nitrogen and oxygen atoms in total. The molecule has 4 rings (SSSR count). The van der Waals surface area contributed by atoms with Crippen molar-refractivity contribution >= 4 is 12.0 Å². The molecule has 2 amide bonds. The van der Waals surface area contributed by atoms with Crippen molar-refractivity contribution in [2.75, 3.05) is 0 Å². The lowest BCUT2D eigenvalue weighted by molar-refractivity contribution is -0.140. The van der Waals surface area contributed by atoms with Gasteiger partial charge >= 0.3 is 12.0 Å². The zero-order valence-electron chi connectivity index (χ0n) is 11.3. The van der Waals surface area contributed by atoms with Gasteiger partial charge < -0.3 is 15.7 Å². The molecule has 0 aromatic carbocycles. The number of urea groups is 1. The molecule has 0 aromatic heterocycles. The van der Waals surface area contributed by atoms with Gasteiger partial charge in [-0.05, 0) is 49.4 Å². The van der Waals surface area contributed by atoms with Crippen LogP contribution >= 0.6 is 0 Å². The minimum atomic E-state index is -0.820. The van der Waals surface area contributed by atoms with Gasteiger partial charge in [-0.15, -0.1) is 0 Å². The number of carbonyl (C=O) groups excluding carboxylic acids is 1. The standard InChI is InChI=1S/C15H20N2O3/c18-14(19)9-3-4-10(6-9)16-15(20)17-13-11-7-1-2-8(5-7)12(11)13/h3-4,7-13H,1-2,5-6H2,(H,18,19)(H2,16,17,20). The van der Waals surface area contributed by atoms with Gasteiger partial charge in [0, 0.05) is 6.04 Å². The lowest BCUT2D eigenvalue weighted by atomic mass is 10.0. The Morgan fingerprint density at radius 1 is 1.00 bits per heavy atom. The summed E-state index contributed by atoms with van der Waals surface area (Å²) in [6.07, 6.45) is 7.98. The lowest BCUT2D eigenvalue weighted by Crippen LogP contribution is -2.43. The number of carbonyl (C=O) groups is 2. The van der Waals surface area contributed by atoms with E-state index in [2.05, 4.69) is 10.6 Å². The van der Waals surface area contributed by atoms with E-state index in [1.807, 2.05) is 0 Å². The van der Waals surface area contributed by atoms with Crippen molar-refractivity contribution in [2.45, 2.75) is 37.8 Å². The van der Waals surface area contributed by atoms with E-state index in [0.717, 1.165) is 23.7 Å². The van der Waals surface area contributed by atoms with Crippen molar-refractivity contribution in [1.29, 1.82) is 0 Å². The number of fused-ring (bicyclic) bond motifs is 5. The fourth-order valence-corrected chi connectivity index (χ4v) is 4.87. The SMILES string of the molecule is O=C(NC1C=CC(C(=O)O)C1)NC1C2C3CCC(C3)C12. The molecule has 108 valence electrons. The molecule has 0 aromatic rings. The maximum atomic E-state index is 12.0. The second-order valence-electron chi connectivity index (χ2n) is 6.80. The van der Waals surface area contributed by atoms with E-state index in [0.29, 0.717) is 12.5 Å². The van der Waals surface area contributed by atoms with Crippen molar-refractivity contribution in [2.24, 2.45) is 29.6 Å². The third-order valence-electron chi connectivity index (χ3n) is 5.75. The summed E-state index contributed by atoms with van der Waals surface area (Å²) in [6.45, 7) is 0. The molecule has 0 heterocycles. The summed E-state index contributed by atoms with van der Waals surface area (Å²) >= 11 is 0. The molecule has 6 atom stereocenters. The van der Waals surface area contributed by atoms with Gasteiger partial charge in [-0.1, -0.05) is 12.2 Å². The smallest absolute Gasteiger partial charge is 0.315 e. The van der Waals surface area contributed by atoms with Crippen LogP contribution in [0, 0.1) is 29.6 Å². The van der Waals surface area contributed by atoms with Crippen LogP contribution in [0.1, 0.15) is 25.7 Å². The average Bonchev–Trinajstić information content (AvgIpc) is 2.83. The molecule has 3 fully saturated rings. The Morgan fingerprint density at radius 2 is 1.70 bits per heavy atom. The Hall–Kier alpha value is -1.52. The highest BCUT2D eigenvalue weighted by atomic mass is 16.4. The number of hydrogen-bond acceptors (Lipinski definition) is 2. The van der Waals surface area contributed by atoms with Crippen LogP contribution in [0.2, 0.25) is 0 Å². The highest BCUT2D eigenvalue weighted by Crippen LogP contribution is 2.65. The first-order chi connectivity index (χ1) is 9.63. The molecule has 2 bridgehead atoms. The monoisotopic (exact) mass is 276 g/mol. The minimum Gasteiger partial charge on any atom is -0.481 e. The third-order valence-corrected chi connectivity index (χ3v) is 5.75. The van der Waals surface area contributed by atoms with Crippen LogP contribution in [0.15, 0.2) is 12.2 Å². The van der Waals surface area contributed by atoms with Crippen molar-refractivity contribution in [3.8, 4) is 0 Å². The first kappa shape index (κ1) is 12.2. The first-order valence-corrected chi connectivity index (χ1v) is 7.61. The number of carboxylic acids is 1. The Morgan fingerprint density at radius 3 is 2.30 bits per heavy atom. The molecule has 0 aliphatic heterocycles. The predicted molar refractivity (Wildman–Crippen MR) is 71.9 cm³/mol. The van der Waals surface area contributed by atoms with E-state index >= 15 is 0 Å². The Bertz CT molecular complexity index is 474. The van der Waals surface area contributed by atoms with Crippen molar-refractivity contribution in [1.82, 2.24) is 10.6 Å². The van der Waals surface area contributed by atoms with Gasteiger partial charge in [0.2, 0.25) is 0 Å². The van der Waals surface area contributed by atoms with Gasteiger partial charge in [0.25, 0.3) is 0 Å². The van der Waals surface area contributed by atoms with Gasteiger partial charge in [-0.2, -0.15) is 0 Å². The number of amides is 2. The summed E-state index contributed by atoms with van der Waals surface area (Å²) in [5.74, 6) is 1.86. The minimum absolute atomic E-state index is 0.135. The zero-order chi connectivity index (χ0) is 13.9. The number of rotatable bonds is 3. The fraction of sp³-hybridized carbons (Fsp3) is 0.733. The van der Waals surface area contributed by atoms with Crippen molar-refractivity contribution in [3.63, 3.8) is 0 Å². The van der Waals surface area contributed by atoms with Crippen LogP contribution in [0.25, 0.3) is 0 Å². The predicted octanol–water partition coefficient (Wildman–Crippen LogP) is 1.36. The topological polar surface area (TPSA) is 78.4 Å². The van der Waals surface area contributed by atoms with Crippen LogP contribution in [0.4, 0.5) is 4.79 Å². The molecule has 0 saturated heterocycles. The average molecular weight is 276 g/mol. The lowest BCUT2D eigenvalue weighted by Gasteiger charge is -2.15. The van der Waals surface area contributed by atoms with E-state index in [-0.39, 0.29) is 12.1 Å². The fourth-order valence-electron chi connectivity index (χ4n) is 4.87. The summed E-state index contributed by atoms with van der Waals surface area (Å²) < 4.78 is 0. The number of carboxylic acid groups (broad SMARTS) is 1. The Labute approximate surface area is 117 Å². The molecular formula is C15H20N2O3. The molecule has 5 heteroatoms. The maximum Gasteiger partial charge on any atom is 0.315 e. The first-order valence-electron chi connectivity index (χ1n) is 7.61. The third kappa shape index (κ3) is 1.83. The number of nitrogens with one attached hydrogen (secondary N) is 2. The molecule has 6 unspecified atom stereocenters. The molecule has 3 saturated carbocycles. The molecule has 0 spiro atoms. The Balaban J connectivity index is 1.27. The zero-order valence-corrected chi connectivity index (χ0v) is 11.3. The second-order valence-corrected chi connectivity index (χ2v) is 6.80. The second kappa shape index (κ2) is 4.24.